The standard InChI is InChI=1S/C9H14N2/c1-6-5-9(10-4)11-8(3)7(6)2/h5H,1-4H3,(H,10,11). The van der Waals surface area contributed by atoms with Crippen LogP contribution >= 0.6 is 0 Å². The molecule has 0 bridgehead atoms. The van der Waals surface area contributed by atoms with Crippen LogP contribution in [-0.2, 0) is 0 Å². The first-order valence-corrected chi connectivity index (χ1v) is 3.77. The lowest BCUT2D eigenvalue weighted by Crippen LogP contribution is -1.97. The Kier molecular flexibility index (Phi) is 2.13. The van der Waals surface area contributed by atoms with Crippen LogP contribution < -0.4 is 5.32 Å². The fourth-order valence-corrected chi connectivity index (χ4v) is 1.02. The minimum absolute atomic E-state index is 0.950. The Balaban J connectivity index is 3.21. The largest absolute Gasteiger partial charge is 0.373 e. The highest BCUT2D eigenvalue weighted by Crippen LogP contribution is 2.13. The van der Waals surface area contributed by atoms with Crippen molar-refractivity contribution < 1.29 is 0 Å². The molecule has 0 atom stereocenters. The predicted octanol–water partition coefficient (Wildman–Crippen LogP) is 2.05. The van der Waals surface area contributed by atoms with Gasteiger partial charge in [-0.3, -0.25) is 0 Å². The number of hydrogen-bond donors (Lipinski definition) is 1. The van der Waals surface area contributed by atoms with Gasteiger partial charge in [-0.2, -0.15) is 0 Å². The normalized spacial score (nSPS) is 9.82. The van der Waals surface area contributed by atoms with Gasteiger partial charge in [0, 0.05) is 12.7 Å². The average Bonchev–Trinajstić information content (AvgIpc) is 1.99. The summed E-state index contributed by atoms with van der Waals surface area (Å²) in [7, 11) is 1.89. The maximum absolute atomic E-state index is 4.34. The number of nitrogens with one attached hydrogen (secondary N) is 1. The minimum Gasteiger partial charge on any atom is -0.373 e. The molecule has 1 heterocycles. The highest BCUT2D eigenvalue weighted by molar-refractivity contribution is 5.42. The molecule has 60 valence electrons. The molecule has 0 radical (unpaired) electrons. The van der Waals surface area contributed by atoms with Gasteiger partial charge in [-0.15, -0.1) is 0 Å². The highest BCUT2D eigenvalue weighted by Gasteiger charge is 1.99. The SMILES string of the molecule is CNc1cc(C)c(C)c(C)n1. The van der Waals surface area contributed by atoms with Crippen molar-refractivity contribution >= 4 is 5.82 Å². The molecule has 0 unspecified atom stereocenters. The van der Waals surface area contributed by atoms with E-state index in [1.165, 1.54) is 11.1 Å². The van der Waals surface area contributed by atoms with Gasteiger partial charge in [0.15, 0.2) is 0 Å². The molecule has 0 fully saturated rings. The maximum atomic E-state index is 4.34. The van der Waals surface area contributed by atoms with Crippen molar-refractivity contribution in [1.29, 1.82) is 0 Å². The Bertz CT molecular complexity index is 243. The van der Waals surface area contributed by atoms with Crippen LogP contribution in [0.5, 0.6) is 0 Å². The lowest BCUT2D eigenvalue weighted by atomic mass is 10.1. The summed E-state index contributed by atoms with van der Waals surface area (Å²) in [5.41, 5.74) is 3.68. The van der Waals surface area contributed by atoms with E-state index in [4.69, 9.17) is 0 Å². The fraction of sp³-hybridized carbons (Fsp3) is 0.444. The molecule has 1 rings (SSSR count). The zero-order valence-electron chi connectivity index (χ0n) is 7.52. The number of rotatable bonds is 1. The van der Waals surface area contributed by atoms with Crippen molar-refractivity contribution in [2.24, 2.45) is 0 Å². The summed E-state index contributed by atoms with van der Waals surface area (Å²) >= 11 is 0. The van der Waals surface area contributed by atoms with Gasteiger partial charge in [0.1, 0.15) is 5.82 Å². The number of pyridine rings is 1. The van der Waals surface area contributed by atoms with E-state index in [9.17, 15) is 0 Å². The molecule has 1 N–H and O–H groups in total. The van der Waals surface area contributed by atoms with Gasteiger partial charge in [-0.1, -0.05) is 0 Å². The summed E-state index contributed by atoms with van der Waals surface area (Å²) in [6.45, 7) is 6.23. The van der Waals surface area contributed by atoms with E-state index in [2.05, 4.69) is 30.2 Å². The summed E-state index contributed by atoms with van der Waals surface area (Å²) in [6.07, 6.45) is 0. The van der Waals surface area contributed by atoms with Crippen molar-refractivity contribution in [3.8, 4) is 0 Å². The summed E-state index contributed by atoms with van der Waals surface area (Å²) in [5, 5.41) is 3.02. The second-order valence-electron chi connectivity index (χ2n) is 2.78. The summed E-state index contributed by atoms with van der Waals surface area (Å²) in [4.78, 5) is 4.34. The van der Waals surface area contributed by atoms with Gasteiger partial charge in [0.2, 0.25) is 0 Å². The minimum atomic E-state index is 0.950. The molecule has 0 aliphatic carbocycles. The van der Waals surface area contributed by atoms with Crippen LogP contribution in [0.1, 0.15) is 16.8 Å². The third kappa shape index (κ3) is 1.50. The quantitative estimate of drug-likeness (QED) is 0.662. The molecular formula is C9H14N2. The molecule has 0 spiro atoms. The maximum Gasteiger partial charge on any atom is 0.126 e. The zero-order valence-corrected chi connectivity index (χ0v) is 7.52. The molecular weight excluding hydrogens is 136 g/mol. The molecule has 0 saturated heterocycles. The van der Waals surface area contributed by atoms with E-state index in [1.54, 1.807) is 0 Å². The van der Waals surface area contributed by atoms with Crippen LogP contribution in [0.15, 0.2) is 6.07 Å². The first kappa shape index (κ1) is 8.05. The van der Waals surface area contributed by atoms with Gasteiger partial charge >= 0.3 is 0 Å². The van der Waals surface area contributed by atoms with Crippen LogP contribution in [0.2, 0.25) is 0 Å². The van der Waals surface area contributed by atoms with E-state index in [-0.39, 0.29) is 0 Å². The van der Waals surface area contributed by atoms with Gasteiger partial charge in [-0.05, 0) is 38.0 Å². The second-order valence-corrected chi connectivity index (χ2v) is 2.78. The van der Waals surface area contributed by atoms with Crippen molar-refractivity contribution in [3.63, 3.8) is 0 Å². The highest BCUT2D eigenvalue weighted by atomic mass is 15.0. The molecule has 0 saturated carbocycles. The van der Waals surface area contributed by atoms with E-state index in [1.807, 2.05) is 14.0 Å². The molecule has 1 aromatic heterocycles. The van der Waals surface area contributed by atoms with Gasteiger partial charge in [0.05, 0.1) is 0 Å². The van der Waals surface area contributed by atoms with Crippen LogP contribution in [0.3, 0.4) is 0 Å². The molecule has 2 nitrogen and oxygen atoms in total. The Morgan fingerprint density at radius 1 is 1.27 bits per heavy atom. The third-order valence-corrected chi connectivity index (χ3v) is 2.03. The Hall–Kier alpha value is -1.05. The fourth-order valence-electron chi connectivity index (χ4n) is 1.02. The summed E-state index contributed by atoms with van der Waals surface area (Å²) in [5.74, 6) is 0.950. The number of hydrogen-bond acceptors (Lipinski definition) is 2. The first-order chi connectivity index (χ1) is 5.15. The summed E-state index contributed by atoms with van der Waals surface area (Å²) in [6, 6.07) is 2.06. The van der Waals surface area contributed by atoms with Crippen LogP contribution in [0.4, 0.5) is 5.82 Å². The topological polar surface area (TPSA) is 24.9 Å². The molecule has 0 aromatic carbocycles. The number of nitrogens with zero attached hydrogens (tertiary/aromatic N) is 1. The van der Waals surface area contributed by atoms with Crippen molar-refractivity contribution in [1.82, 2.24) is 4.98 Å². The Morgan fingerprint density at radius 2 is 1.91 bits per heavy atom. The van der Waals surface area contributed by atoms with E-state index in [0.29, 0.717) is 0 Å². The number of anilines is 1. The molecule has 0 amide bonds. The Labute approximate surface area is 67.7 Å². The Morgan fingerprint density at radius 3 is 2.36 bits per heavy atom. The van der Waals surface area contributed by atoms with Crippen molar-refractivity contribution in [2.45, 2.75) is 20.8 Å². The smallest absolute Gasteiger partial charge is 0.126 e. The second kappa shape index (κ2) is 2.91. The van der Waals surface area contributed by atoms with E-state index < -0.39 is 0 Å². The monoisotopic (exact) mass is 150 g/mol. The molecule has 2 heteroatoms. The van der Waals surface area contributed by atoms with Gasteiger partial charge < -0.3 is 5.32 Å². The predicted molar refractivity (Wildman–Crippen MR) is 48.0 cm³/mol. The lowest BCUT2D eigenvalue weighted by molar-refractivity contribution is 1.12. The molecule has 1 aromatic rings. The van der Waals surface area contributed by atoms with Gasteiger partial charge in [-0.25, -0.2) is 4.98 Å². The van der Waals surface area contributed by atoms with E-state index in [0.717, 1.165) is 11.5 Å². The zero-order chi connectivity index (χ0) is 8.43. The van der Waals surface area contributed by atoms with Crippen molar-refractivity contribution in [3.05, 3.63) is 22.9 Å². The van der Waals surface area contributed by atoms with Crippen LogP contribution in [0, 0.1) is 20.8 Å². The lowest BCUT2D eigenvalue weighted by Gasteiger charge is -2.06. The van der Waals surface area contributed by atoms with Crippen LogP contribution in [0.25, 0.3) is 0 Å². The van der Waals surface area contributed by atoms with E-state index >= 15 is 0 Å². The third-order valence-electron chi connectivity index (χ3n) is 2.03. The van der Waals surface area contributed by atoms with Gasteiger partial charge in [0.25, 0.3) is 0 Å². The molecule has 0 aliphatic heterocycles. The number of aryl methyl sites for hydroxylation is 2. The summed E-state index contributed by atoms with van der Waals surface area (Å²) < 4.78 is 0. The first-order valence-electron chi connectivity index (χ1n) is 3.77. The number of aromatic nitrogens is 1. The van der Waals surface area contributed by atoms with Crippen LogP contribution in [-0.4, -0.2) is 12.0 Å². The average molecular weight is 150 g/mol. The molecule has 0 aliphatic rings. The molecule has 11 heavy (non-hydrogen) atoms. The van der Waals surface area contributed by atoms with Crippen molar-refractivity contribution in [2.75, 3.05) is 12.4 Å².